The summed E-state index contributed by atoms with van der Waals surface area (Å²) in [6.45, 7) is 11.4. The molecule has 0 aliphatic rings. The number of hydrogen-bond donors (Lipinski definition) is 0. The van der Waals surface area contributed by atoms with E-state index in [1.54, 1.807) is 24.3 Å². The highest BCUT2D eigenvalue weighted by atomic mass is 16.6. The smallest absolute Gasteiger partial charge is 0.339 e. The molecule has 0 bridgehead atoms. The van der Waals surface area contributed by atoms with Gasteiger partial charge in [-0.2, -0.15) is 0 Å². The molecule has 0 saturated carbocycles. The van der Waals surface area contributed by atoms with Crippen molar-refractivity contribution in [3.63, 3.8) is 0 Å². The lowest BCUT2D eigenvalue weighted by atomic mass is 9.90. The maximum absolute atomic E-state index is 12.6. The molecule has 0 atom stereocenters. The van der Waals surface area contributed by atoms with Crippen molar-refractivity contribution in [2.75, 3.05) is 0 Å². The minimum absolute atomic E-state index is 0.285. The van der Waals surface area contributed by atoms with Gasteiger partial charge in [-0.25, -0.2) is 4.79 Å². The normalized spacial score (nSPS) is 12.1. The number of carbonyl (C=O) groups excluding carboxylic acids is 2. The number of fused-ring (bicyclic) bond motifs is 1. The molecule has 0 fully saturated rings. The summed E-state index contributed by atoms with van der Waals surface area (Å²) in [5, 5.41) is 1.43. The molecule has 0 unspecified atom stereocenters. The van der Waals surface area contributed by atoms with E-state index in [1.807, 2.05) is 53.7 Å². The fourth-order valence-electron chi connectivity index (χ4n) is 2.31. The first-order valence-electron chi connectivity index (χ1n) is 9.08. The van der Waals surface area contributed by atoms with Gasteiger partial charge in [0.05, 0.1) is 11.0 Å². The van der Waals surface area contributed by atoms with Gasteiger partial charge < -0.3 is 9.47 Å². The second kappa shape index (κ2) is 7.48. The Kier molecular flexibility index (Phi) is 5.74. The number of benzene rings is 2. The summed E-state index contributed by atoms with van der Waals surface area (Å²) in [4.78, 5) is 25.1. The van der Waals surface area contributed by atoms with Crippen LogP contribution in [-0.4, -0.2) is 17.5 Å². The Balaban J connectivity index is 2.43. The van der Waals surface area contributed by atoms with Crippen LogP contribution in [0.3, 0.4) is 0 Å². The van der Waals surface area contributed by atoms with Crippen molar-refractivity contribution < 1.29 is 19.1 Å². The van der Waals surface area contributed by atoms with E-state index in [0.717, 1.165) is 11.8 Å². The topological polar surface area (TPSA) is 52.6 Å². The second-order valence-corrected chi connectivity index (χ2v) is 7.79. The third-order valence-electron chi connectivity index (χ3n) is 4.96. The van der Waals surface area contributed by atoms with Crippen LogP contribution in [0.4, 0.5) is 0 Å². The number of hydrogen-bond acceptors (Lipinski definition) is 4. The molecule has 140 valence electrons. The Morgan fingerprint density at radius 1 is 0.885 bits per heavy atom. The quantitative estimate of drug-likeness (QED) is 0.504. The fourth-order valence-corrected chi connectivity index (χ4v) is 2.31. The molecule has 0 aliphatic heterocycles. The summed E-state index contributed by atoms with van der Waals surface area (Å²) in [6, 6.07) is 10.7. The van der Waals surface area contributed by atoms with Crippen LogP contribution in [0, 0.1) is 5.41 Å². The first-order valence-corrected chi connectivity index (χ1v) is 9.08. The number of carbonyl (C=O) groups is 2. The zero-order chi connectivity index (χ0) is 19.5. The van der Waals surface area contributed by atoms with Crippen LogP contribution < -0.4 is 4.74 Å². The molecule has 26 heavy (non-hydrogen) atoms. The highest BCUT2D eigenvalue weighted by molar-refractivity contribution is 6.06. The summed E-state index contributed by atoms with van der Waals surface area (Å²) in [5.74, 6) is -0.203. The van der Waals surface area contributed by atoms with Crippen LogP contribution in [0.5, 0.6) is 5.75 Å². The molecule has 2 aromatic rings. The predicted molar refractivity (Wildman–Crippen MR) is 103 cm³/mol. The average molecular weight is 356 g/mol. The third kappa shape index (κ3) is 4.24. The maximum Gasteiger partial charge on any atom is 0.339 e. The highest BCUT2D eigenvalue weighted by Gasteiger charge is 2.28. The summed E-state index contributed by atoms with van der Waals surface area (Å²) in [7, 11) is 0. The summed E-state index contributed by atoms with van der Waals surface area (Å²) < 4.78 is 11.3. The standard InChI is InChI=1S/C22H28O4/c1-7-21(3,4)20(24)25-18-14-10-11-15-16(18)12-9-13-17(15)19(23)26-22(5,6)8-2/h9-14H,7-8H2,1-6H3. The molecular weight excluding hydrogens is 328 g/mol. The van der Waals surface area contributed by atoms with Crippen LogP contribution in [0.25, 0.3) is 10.8 Å². The van der Waals surface area contributed by atoms with Gasteiger partial charge in [-0.1, -0.05) is 38.1 Å². The van der Waals surface area contributed by atoms with Crippen LogP contribution in [0.1, 0.15) is 64.7 Å². The van der Waals surface area contributed by atoms with Gasteiger partial charge in [0.2, 0.25) is 0 Å². The van der Waals surface area contributed by atoms with Gasteiger partial charge in [-0.05, 0) is 58.1 Å². The predicted octanol–water partition coefficient (Wildman–Crippen LogP) is 5.53. The monoisotopic (exact) mass is 356 g/mol. The molecule has 4 heteroatoms. The van der Waals surface area contributed by atoms with Gasteiger partial charge in [0.25, 0.3) is 0 Å². The second-order valence-electron chi connectivity index (χ2n) is 7.79. The molecule has 0 N–H and O–H groups in total. The van der Waals surface area contributed by atoms with E-state index in [0.29, 0.717) is 23.1 Å². The zero-order valence-corrected chi connectivity index (χ0v) is 16.5. The van der Waals surface area contributed by atoms with E-state index in [4.69, 9.17) is 9.47 Å². The van der Waals surface area contributed by atoms with E-state index in [9.17, 15) is 9.59 Å². The minimum Gasteiger partial charge on any atom is -0.456 e. The molecule has 0 saturated heterocycles. The minimum atomic E-state index is -0.566. The molecule has 0 aliphatic carbocycles. The number of rotatable bonds is 6. The van der Waals surface area contributed by atoms with Gasteiger partial charge in [0.15, 0.2) is 0 Å². The lowest BCUT2D eigenvalue weighted by molar-refractivity contribution is -0.144. The molecule has 0 aromatic heterocycles. The summed E-state index contributed by atoms with van der Waals surface area (Å²) >= 11 is 0. The van der Waals surface area contributed by atoms with Crippen molar-refractivity contribution in [2.45, 2.75) is 60.0 Å². The van der Waals surface area contributed by atoms with Gasteiger partial charge in [-0.15, -0.1) is 0 Å². The van der Waals surface area contributed by atoms with Crippen molar-refractivity contribution in [1.29, 1.82) is 0 Å². The molecule has 4 nitrogen and oxygen atoms in total. The Hall–Kier alpha value is -2.36. The number of ether oxygens (including phenoxy) is 2. The van der Waals surface area contributed by atoms with Gasteiger partial charge in [-0.3, -0.25) is 4.79 Å². The molecule has 2 rings (SSSR count). The zero-order valence-electron chi connectivity index (χ0n) is 16.5. The first-order chi connectivity index (χ1) is 12.1. The van der Waals surface area contributed by atoms with Crippen LogP contribution in [0.15, 0.2) is 36.4 Å². The Morgan fingerprint density at radius 2 is 1.50 bits per heavy atom. The average Bonchev–Trinajstić information content (AvgIpc) is 2.61. The van der Waals surface area contributed by atoms with Crippen molar-refractivity contribution in [3.8, 4) is 5.75 Å². The van der Waals surface area contributed by atoms with E-state index >= 15 is 0 Å². The lowest BCUT2D eigenvalue weighted by Crippen LogP contribution is -2.28. The van der Waals surface area contributed by atoms with E-state index in [2.05, 4.69) is 0 Å². The Bertz CT molecular complexity index is 818. The van der Waals surface area contributed by atoms with Gasteiger partial charge in [0.1, 0.15) is 11.4 Å². The Morgan fingerprint density at radius 3 is 2.12 bits per heavy atom. The third-order valence-corrected chi connectivity index (χ3v) is 4.96. The van der Waals surface area contributed by atoms with Crippen LogP contribution >= 0.6 is 0 Å². The molecule has 0 amide bonds. The summed E-state index contributed by atoms with van der Waals surface area (Å²) in [5.41, 5.74) is -0.630. The highest BCUT2D eigenvalue weighted by Crippen LogP contribution is 2.31. The van der Waals surface area contributed by atoms with Crippen molar-refractivity contribution in [1.82, 2.24) is 0 Å². The fraction of sp³-hybridized carbons (Fsp3) is 0.455. The van der Waals surface area contributed by atoms with E-state index in [1.165, 1.54) is 0 Å². The first kappa shape index (κ1) is 20.0. The van der Waals surface area contributed by atoms with E-state index in [-0.39, 0.29) is 11.9 Å². The van der Waals surface area contributed by atoms with Crippen LogP contribution in [0.2, 0.25) is 0 Å². The Labute approximate surface area is 155 Å². The molecule has 0 spiro atoms. The van der Waals surface area contributed by atoms with Gasteiger partial charge >= 0.3 is 11.9 Å². The molecule has 0 radical (unpaired) electrons. The SMILES string of the molecule is CCC(C)(C)OC(=O)c1cccc2c(OC(=O)C(C)(C)CC)cccc12. The van der Waals surface area contributed by atoms with E-state index < -0.39 is 11.0 Å². The van der Waals surface area contributed by atoms with Crippen LogP contribution in [-0.2, 0) is 9.53 Å². The van der Waals surface area contributed by atoms with Crippen molar-refractivity contribution in [3.05, 3.63) is 42.0 Å². The number of esters is 2. The summed E-state index contributed by atoms with van der Waals surface area (Å²) in [6.07, 6.45) is 1.40. The van der Waals surface area contributed by atoms with Gasteiger partial charge in [0, 0.05) is 5.39 Å². The largest absolute Gasteiger partial charge is 0.456 e. The molecule has 2 aromatic carbocycles. The molecular formula is C22H28O4. The lowest BCUT2D eigenvalue weighted by Gasteiger charge is -2.24. The molecule has 0 heterocycles. The van der Waals surface area contributed by atoms with Crippen molar-refractivity contribution >= 4 is 22.7 Å². The van der Waals surface area contributed by atoms with Crippen molar-refractivity contribution in [2.24, 2.45) is 5.41 Å². The maximum atomic E-state index is 12.6.